The van der Waals surface area contributed by atoms with E-state index in [0.29, 0.717) is 6.42 Å². The van der Waals surface area contributed by atoms with Crippen LogP contribution in [0, 0.1) is 0 Å². The molecule has 1 saturated heterocycles. The maximum Gasteiger partial charge on any atom is 0.237 e. The first-order valence-electron chi connectivity index (χ1n) is 9.40. The van der Waals surface area contributed by atoms with Crippen molar-refractivity contribution in [3.05, 3.63) is 40.1 Å². The number of nitrogens with one attached hydrogen (secondary N) is 3. The van der Waals surface area contributed by atoms with Crippen LogP contribution in [0.15, 0.2) is 23.2 Å². The van der Waals surface area contributed by atoms with Gasteiger partial charge in [0, 0.05) is 37.8 Å². The molecule has 0 saturated carbocycles. The second-order valence-electron chi connectivity index (χ2n) is 7.78. The Bertz CT molecular complexity index is 746. The fraction of sp³-hybridized carbons (Fsp3) is 0.579. The minimum absolute atomic E-state index is 0.0836. The monoisotopic (exact) mass is 373 g/mol. The van der Waals surface area contributed by atoms with E-state index in [9.17, 15) is 4.79 Å². The van der Waals surface area contributed by atoms with Crippen LogP contribution in [0.25, 0.3) is 0 Å². The van der Waals surface area contributed by atoms with E-state index < -0.39 is 0 Å². The van der Waals surface area contributed by atoms with E-state index in [1.807, 2.05) is 13.8 Å². The Morgan fingerprint density at radius 3 is 2.96 bits per heavy atom. The first kappa shape index (κ1) is 17.7. The van der Waals surface area contributed by atoms with E-state index >= 15 is 0 Å². The van der Waals surface area contributed by atoms with Crippen molar-refractivity contribution < 1.29 is 4.79 Å². The Morgan fingerprint density at radius 1 is 1.46 bits per heavy atom. The van der Waals surface area contributed by atoms with Crippen LogP contribution in [0.3, 0.4) is 0 Å². The molecule has 0 unspecified atom stereocenters. The summed E-state index contributed by atoms with van der Waals surface area (Å²) in [6.07, 6.45) is 4.39. The Kier molecular flexibility index (Phi) is 4.86. The Balaban J connectivity index is 1.49. The molecule has 1 fully saturated rings. The molecule has 1 amide bonds. The molecule has 140 valence electrons. The molecule has 2 aliphatic rings. The van der Waals surface area contributed by atoms with E-state index in [4.69, 9.17) is 0 Å². The van der Waals surface area contributed by atoms with Gasteiger partial charge in [0.2, 0.25) is 5.91 Å². The average Bonchev–Trinajstić information content (AvgIpc) is 3.28. The first-order chi connectivity index (χ1) is 12.6. The number of carbonyl (C=O) groups excluding carboxylic acids is 1. The third kappa shape index (κ3) is 3.43. The molecule has 0 aliphatic carbocycles. The summed E-state index contributed by atoms with van der Waals surface area (Å²) in [6, 6.07) is 2.15. The minimum Gasteiger partial charge on any atom is -0.353 e. The third-order valence-corrected chi connectivity index (χ3v) is 6.21. The van der Waals surface area contributed by atoms with Crippen LogP contribution >= 0.6 is 11.3 Å². The van der Waals surface area contributed by atoms with Crippen molar-refractivity contribution in [3.8, 4) is 0 Å². The van der Waals surface area contributed by atoms with Crippen LogP contribution in [0.1, 0.15) is 43.6 Å². The lowest BCUT2D eigenvalue weighted by Crippen LogP contribution is -2.61. The molecule has 2 aromatic heterocycles. The van der Waals surface area contributed by atoms with Gasteiger partial charge in [-0.25, -0.2) is 4.98 Å². The van der Waals surface area contributed by atoms with Gasteiger partial charge in [-0.15, -0.1) is 0 Å². The highest BCUT2D eigenvalue weighted by atomic mass is 32.1. The minimum atomic E-state index is -0.200. The Labute approximate surface area is 158 Å². The molecular formula is C19H27N5OS. The number of amides is 1. The number of hydrogen-bond donors (Lipinski definition) is 3. The number of likely N-dealkylation sites (tertiary alicyclic amines) is 1. The van der Waals surface area contributed by atoms with Crippen molar-refractivity contribution in [2.75, 3.05) is 13.1 Å². The maximum atomic E-state index is 12.6. The molecule has 2 aromatic rings. The van der Waals surface area contributed by atoms with Gasteiger partial charge in [0.05, 0.1) is 23.6 Å². The quantitative estimate of drug-likeness (QED) is 0.766. The Morgan fingerprint density at radius 2 is 2.27 bits per heavy atom. The summed E-state index contributed by atoms with van der Waals surface area (Å²) in [6.45, 7) is 7.02. The normalized spacial score (nSPS) is 22.5. The predicted octanol–water partition coefficient (Wildman–Crippen LogP) is 2.00. The maximum absolute atomic E-state index is 12.6. The summed E-state index contributed by atoms with van der Waals surface area (Å²) in [5, 5.41) is 11.1. The van der Waals surface area contributed by atoms with Crippen LogP contribution in [0.5, 0.6) is 0 Å². The van der Waals surface area contributed by atoms with Crippen LogP contribution in [-0.2, 0) is 23.3 Å². The molecule has 7 heteroatoms. The van der Waals surface area contributed by atoms with Gasteiger partial charge in [-0.2, -0.15) is 11.3 Å². The van der Waals surface area contributed by atoms with Gasteiger partial charge in [0.15, 0.2) is 0 Å². The summed E-state index contributed by atoms with van der Waals surface area (Å²) >= 11 is 1.75. The number of imidazole rings is 1. The number of aromatic amines is 1. The number of carbonyl (C=O) groups is 1. The zero-order valence-electron chi connectivity index (χ0n) is 15.4. The van der Waals surface area contributed by atoms with Crippen LogP contribution in [0.2, 0.25) is 0 Å². The number of fused-ring (bicyclic) bond motifs is 2. The van der Waals surface area contributed by atoms with Crippen molar-refractivity contribution in [2.45, 2.75) is 57.3 Å². The number of thiophene rings is 1. The van der Waals surface area contributed by atoms with Gasteiger partial charge in [0.25, 0.3) is 0 Å². The predicted molar refractivity (Wildman–Crippen MR) is 103 cm³/mol. The molecule has 4 heterocycles. The molecule has 6 nitrogen and oxygen atoms in total. The second-order valence-corrected chi connectivity index (χ2v) is 8.56. The fourth-order valence-corrected chi connectivity index (χ4v) is 4.86. The molecule has 4 rings (SSSR count). The van der Waals surface area contributed by atoms with E-state index in [1.165, 1.54) is 5.56 Å². The van der Waals surface area contributed by atoms with Crippen LogP contribution in [-0.4, -0.2) is 45.9 Å². The summed E-state index contributed by atoms with van der Waals surface area (Å²) in [4.78, 5) is 23.0. The topological polar surface area (TPSA) is 73.0 Å². The van der Waals surface area contributed by atoms with Crippen molar-refractivity contribution >= 4 is 17.2 Å². The van der Waals surface area contributed by atoms with E-state index in [0.717, 1.165) is 43.9 Å². The summed E-state index contributed by atoms with van der Waals surface area (Å²) in [5.74, 6) is 0.0836. The van der Waals surface area contributed by atoms with Gasteiger partial charge in [-0.05, 0) is 49.1 Å². The molecular weight excluding hydrogens is 346 g/mol. The molecule has 2 aliphatic heterocycles. The molecule has 0 bridgehead atoms. The van der Waals surface area contributed by atoms with Gasteiger partial charge in [0.1, 0.15) is 0 Å². The van der Waals surface area contributed by atoms with Gasteiger partial charge >= 0.3 is 0 Å². The largest absolute Gasteiger partial charge is 0.353 e. The molecule has 3 N–H and O–H groups in total. The lowest BCUT2D eigenvalue weighted by atomic mass is 9.78. The van der Waals surface area contributed by atoms with Gasteiger partial charge < -0.3 is 10.3 Å². The summed E-state index contributed by atoms with van der Waals surface area (Å²) < 4.78 is 0. The zero-order valence-corrected chi connectivity index (χ0v) is 16.2. The molecule has 0 radical (unpaired) electrons. The second kappa shape index (κ2) is 7.13. The standard InChI is InChI=1S/C19H27N5OS/c1-13(2)22-18(25)16-9-15-17(21-12-20-15)19(23-16)4-6-24(7-5-19)10-14-3-8-26-11-14/h3,8,11-13,16,23H,4-7,9-10H2,1-2H3,(H,20,21)(H,22,25)/t16-/m0/s1. The molecule has 1 spiro atoms. The lowest BCUT2D eigenvalue weighted by molar-refractivity contribution is -0.124. The van der Waals surface area contributed by atoms with E-state index in [-0.39, 0.29) is 23.5 Å². The number of hydrogen-bond acceptors (Lipinski definition) is 5. The van der Waals surface area contributed by atoms with Gasteiger partial charge in [-0.3, -0.25) is 15.0 Å². The summed E-state index contributed by atoms with van der Waals surface area (Å²) in [5.41, 5.74) is 3.41. The van der Waals surface area contributed by atoms with Crippen molar-refractivity contribution in [2.24, 2.45) is 0 Å². The Hall–Kier alpha value is -1.70. The first-order valence-corrected chi connectivity index (χ1v) is 10.3. The van der Waals surface area contributed by atoms with Crippen molar-refractivity contribution in [1.82, 2.24) is 25.5 Å². The summed E-state index contributed by atoms with van der Waals surface area (Å²) in [7, 11) is 0. The SMILES string of the molecule is CC(C)NC(=O)[C@@H]1Cc2[nH]cnc2C2(CCN(Cc3ccsc3)CC2)N1. The van der Waals surface area contributed by atoms with E-state index in [2.05, 4.69) is 42.3 Å². The number of nitrogens with zero attached hydrogens (tertiary/aromatic N) is 2. The third-order valence-electron chi connectivity index (χ3n) is 5.47. The van der Waals surface area contributed by atoms with Crippen LogP contribution in [0.4, 0.5) is 0 Å². The molecule has 1 atom stereocenters. The molecule has 26 heavy (non-hydrogen) atoms. The number of H-pyrrole nitrogens is 1. The highest BCUT2D eigenvalue weighted by molar-refractivity contribution is 7.07. The van der Waals surface area contributed by atoms with E-state index in [1.54, 1.807) is 17.7 Å². The van der Waals surface area contributed by atoms with Crippen LogP contribution < -0.4 is 10.6 Å². The number of piperidine rings is 1. The van der Waals surface area contributed by atoms with Gasteiger partial charge in [-0.1, -0.05) is 0 Å². The van der Waals surface area contributed by atoms with Crippen molar-refractivity contribution in [1.29, 1.82) is 0 Å². The zero-order chi connectivity index (χ0) is 18.1. The lowest BCUT2D eigenvalue weighted by Gasteiger charge is -2.46. The number of rotatable bonds is 4. The fourth-order valence-electron chi connectivity index (χ4n) is 4.20. The smallest absolute Gasteiger partial charge is 0.237 e. The number of aromatic nitrogens is 2. The highest BCUT2D eigenvalue weighted by Crippen LogP contribution is 2.37. The molecule has 0 aromatic carbocycles. The highest BCUT2D eigenvalue weighted by Gasteiger charge is 2.45. The van der Waals surface area contributed by atoms with Crippen molar-refractivity contribution in [3.63, 3.8) is 0 Å². The average molecular weight is 374 g/mol.